The summed E-state index contributed by atoms with van der Waals surface area (Å²) in [7, 11) is 0. The number of aromatic nitrogens is 3. The van der Waals surface area contributed by atoms with Gasteiger partial charge in [-0.2, -0.15) is 0 Å². The SMILES string of the molecule is CCc1nc2ncc(Cl)cn2c1C(=O)NCC1CC12CCN(c1ccc(OC(F)(F)F)cc1)CC2. The van der Waals surface area contributed by atoms with Crippen molar-refractivity contribution in [1.29, 1.82) is 0 Å². The van der Waals surface area contributed by atoms with Crippen LogP contribution in [0.2, 0.25) is 5.02 Å². The van der Waals surface area contributed by atoms with Crippen LogP contribution in [0.4, 0.5) is 18.9 Å². The van der Waals surface area contributed by atoms with Crippen molar-refractivity contribution in [3.63, 3.8) is 0 Å². The molecule has 2 aliphatic rings. The molecule has 1 aliphatic heterocycles. The molecule has 0 radical (unpaired) electrons. The van der Waals surface area contributed by atoms with Crippen molar-refractivity contribution < 1.29 is 22.7 Å². The summed E-state index contributed by atoms with van der Waals surface area (Å²) in [5.74, 6) is 0.453. The molecule has 1 saturated heterocycles. The zero-order valence-corrected chi connectivity index (χ0v) is 19.9. The number of aryl methyl sites for hydroxylation is 1. The van der Waals surface area contributed by atoms with Crippen molar-refractivity contribution in [2.75, 3.05) is 24.5 Å². The van der Waals surface area contributed by atoms with E-state index in [1.54, 1.807) is 22.7 Å². The van der Waals surface area contributed by atoms with E-state index in [1.165, 1.54) is 18.3 Å². The second kappa shape index (κ2) is 8.89. The Morgan fingerprint density at radius 2 is 1.97 bits per heavy atom. The van der Waals surface area contributed by atoms with Gasteiger partial charge in [-0.05, 0) is 61.3 Å². The molecule has 2 fully saturated rings. The second-order valence-corrected chi connectivity index (χ2v) is 9.64. The molecule has 7 nitrogen and oxygen atoms in total. The first-order chi connectivity index (χ1) is 16.7. The molecule has 1 N–H and O–H groups in total. The largest absolute Gasteiger partial charge is 0.573 e. The van der Waals surface area contributed by atoms with E-state index in [4.69, 9.17) is 11.6 Å². The predicted octanol–water partition coefficient (Wildman–Crippen LogP) is 4.88. The summed E-state index contributed by atoms with van der Waals surface area (Å²) >= 11 is 6.07. The summed E-state index contributed by atoms with van der Waals surface area (Å²) in [6, 6.07) is 6.00. The number of nitrogens with zero attached hydrogens (tertiary/aromatic N) is 4. The van der Waals surface area contributed by atoms with Gasteiger partial charge < -0.3 is 15.0 Å². The third-order valence-electron chi connectivity index (χ3n) is 7.13. The van der Waals surface area contributed by atoms with Crippen LogP contribution in [0.1, 0.15) is 42.4 Å². The molecule has 35 heavy (non-hydrogen) atoms. The lowest BCUT2D eigenvalue weighted by atomic mass is 9.90. The summed E-state index contributed by atoms with van der Waals surface area (Å²) in [5, 5.41) is 3.52. The lowest BCUT2D eigenvalue weighted by Gasteiger charge is -2.34. The number of piperidine rings is 1. The molecular weight excluding hydrogens is 483 g/mol. The van der Waals surface area contributed by atoms with Crippen molar-refractivity contribution >= 4 is 29.0 Å². The summed E-state index contributed by atoms with van der Waals surface area (Å²) in [5.41, 5.74) is 2.25. The number of carbonyl (C=O) groups excluding carboxylic acids is 1. The molecule has 186 valence electrons. The monoisotopic (exact) mass is 507 g/mol. The minimum Gasteiger partial charge on any atom is -0.406 e. The van der Waals surface area contributed by atoms with Gasteiger partial charge in [-0.25, -0.2) is 9.97 Å². The number of carbonyl (C=O) groups is 1. The van der Waals surface area contributed by atoms with Crippen molar-refractivity contribution in [3.05, 3.63) is 53.1 Å². The molecule has 3 heterocycles. The normalized spacial score (nSPS) is 19.2. The number of benzene rings is 1. The van der Waals surface area contributed by atoms with Gasteiger partial charge in [0.2, 0.25) is 5.78 Å². The smallest absolute Gasteiger partial charge is 0.406 e. The molecule has 2 aromatic heterocycles. The number of halogens is 4. The zero-order valence-electron chi connectivity index (χ0n) is 19.1. The molecule has 1 saturated carbocycles. The Hall–Kier alpha value is -3.01. The van der Waals surface area contributed by atoms with E-state index in [9.17, 15) is 18.0 Å². The lowest BCUT2D eigenvalue weighted by Crippen LogP contribution is -2.36. The van der Waals surface area contributed by atoms with Gasteiger partial charge in [0.05, 0.1) is 16.9 Å². The highest BCUT2D eigenvalue weighted by Crippen LogP contribution is 2.59. The summed E-state index contributed by atoms with van der Waals surface area (Å²) in [4.78, 5) is 23.9. The standard InChI is InChI=1S/C24H25ClF3N5O2/c1-2-19-20(33-14-16(25)13-30-22(33)31-19)21(34)29-12-15-11-23(15)7-9-32(10-8-23)17-3-5-18(6-4-17)35-24(26,27)28/h3-6,13-15H,2,7-12H2,1H3,(H,29,34). The van der Waals surface area contributed by atoms with Crippen LogP contribution in [0.15, 0.2) is 36.7 Å². The summed E-state index contributed by atoms with van der Waals surface area (Å²) in [6.45, 7) is 4.18. The molecule has 1 atom stereocenters. The third kappa shape index (κ3) is 4.89. The minimum absolute atomic E-state index is 0.181. The van der Waals surface area contributed by atoms with E-state index in [2.05, 4.69) is 24.9 Å². The maximum atomic E-state index is 13.0. The van der Waals surface area contributed by atoms with Crippen molar-refractivity contribution in [2.24, 2.45) is 11.3 Å². The van der Waals surface area contributed by atoms with Crippen molar-refractivity contribution in [2.45, 2.75) is 39.0 Å². The average molecular weight is 508 g/mol. The number of amides is 1. The van der Waals surface area contributed by atoms with Crippen LogP contribution >= 0.6 is 11.6 Å². The van der Waals surface area contributed by atoms with Crippen LogP contribution in [-0.2, 0) is 6.42 Å². The number of imidazole rings is 1. The maximum absolute atomic E-state index is 13.0. The van der Waals surface area contributed by atoms with E-state index in [1.807, 2.05) is 6.92 Å². The molecule has 11 heteroatoms. The first-order valence-corrected chi connectivity index (χ1v) is 12.0. The first kappa shape index (κ1) is 23.7. The molecule has 0 bridgehead atoms. The number of hydrogen-bond acceptors (Lipinski definition) is 5. The first-order valence-electron chi connectivity index (χ1n) is 11.6. The fourth-order valence-electron chi connectivity index (χ4n) is 5.14. The van der Waals surface area contributed by atoms with Gasteiger partial charge in [-0.1, -0.05) is 18.5 Å². The number of rotatable bonds is 6. The van der Waals surface area contributed by atoms with Crippen molar-refractivity contribution in [3.8, 4) is 5.75 Å². The number of anilines is 1. The Kier molecular flexibility index (Phi) is 6.03. The van der Waals surface area contributed by atoms with E-state index in [0.29, 0.717) is 41.1 Å². The molecule has 1 spiro atoms. The van der Waals surface area contributed by atoms with Gasteiger partial charge in [-0.15, -0.1) is 13.2 Å². The van der Waals surface area contributed by atoms with Gasteiger partial charge in [0.15, 0.2) is 0 Å². The Labute approximate surface area is 205 Å². The predicted molar refractivity (Wildman–Crippen MR) is 125 cm³/mol. The highest BCUT2D eigenvalue weighted by atomic mass is 35.5. The van der Waals surface area contributed by atoms with Crippen LogP contribution in [0.5, 0.6) is 5.75 Å². The van der Waals surface area contributed by atoms with Crippen LogP contribution < -0.4 is 15.0 Å². The number of alkyl halides is 3. The fourth-order valence-corrected chi connectivity index (χ4v) is 5.29. The highest BCUT2D eigenvalue weighted by Gasteiger charge is 2.54. The average Bonchev–Trinajstić information content (AvgIpc) is 3.35. The third-order valence-corrected chi connectivity index (χ3v) is 7.33. The van der Waals surface area contributed by atoms with Crippen LogP contribution in [0.25, 0.3) is 5.78 Å². The number of nitrogens with one attached hydrogen (secondary N) is 1. The quantitative estimate of drug-likeness (QED) is 0.515. The maximum Gasteiger partial charge on any atom is 0.573 e. The van der Waals surface area contributed by atoms with Crippen LogP contribution in [-0.4, -0.2) is 46.3 Å². The van der Waals surface area contributed by atoms with E-state index in [-0.39, 0.29) is 17.1 Å². The Bertz CT molecular complexity index is 1240. The Morgan fingerprint density at radius 3 is 2.63 bits per heavy atom. The van der Waals surface area contributed by atoms with Crippen molar-refractivity contribution in [1.82, 2.24) is 19.7 Å². The van der Waals surface area contributed by atoms with E-state index < -0.39 is 6.36 Å². The van der Waals surface area contributed by atoms with Gasteiger partial charge >= 0.3 is 6.36 Å². The summed E-state index contributed by atoms with van der Waals surface area (Å²) in [6.07, 6.45) is 2.09. The number of ether oxygens (including phenoxy) is 1. The van der Waals surface area contributed by atoms with Gasteiger partial charge in [0, 0.05) is 31.5 Å². The van der Waals surface area contributed by atoms with E-state index in [0.717, 1.165) is 38.0 Å². The molecule has 1 aliphatic carbocycles. The molecule has 5 rings (SSSR count). The lowest BCUT2D eigenvalue weighted by molar-refractivity contribution is -0.274. The van der Waals surface area contributed by atoms with Crippen LogP contribution in [0, 0.1) is 11.3 Å². The second-order valence-electron chi connectivity index (χ2n) is 9.21. The molecule has 1 aromatic carbocycles. The summed E-state index contributed by atoms with van der Waals surface area (Å²) < 4.78 is 42.7. The van der Waals surface area contributed by atoms with E-state index >= 15 is 0 Å². The number of hydrogen-bond donors (Lipinski definition) is 1. The Balaban J connectivity index is 1.16. The molecule has 1 amide bonds. The molecule has 1 unspecified atom stereocenters. The Morgan fingerprint density at radius 1 is 1.26 bits per heavy atom. The van der Waals surface area contributed by atoms with Gasteiger partial charge in [0.25, 0.3) is 5.91 Å². The van der Waals surface area contributed by atoms with Gasteiger partial charge in [-0.3, -0.25) is 9.20 Å². The van der Waals surface area contributed by atoms with Crippen LogP contribution in [0.3, 0.4) is 0 Å². The molecular formula is C24H25ClF3N5O2. The zero-order chi connectivity index (χ0) is 24.8. The number of fused-ring (bicyclic) bond motifs is 1. The topological polar surface area (TPSA) is 71.8 Å². The molecule has 3 aromatic rings. The van der Waals surface area contributed by atoms with Gasteiger partial charge in [0.1, 0.15) is 11.4 Å². The minimum atomic E-state index is -4.69. The highest BCUT2D eigenvalue weighted by molar-refractivity contribution is 6.30. The fraction of sp³-hybridized carbons (Fsp3) is 0.458.